The van der Waals surface area contributed by atoms with Gasteiger partial charge in [-0.25, -0.2) is 4.79 Å². The molecule has 3 aromatic carbocycles. The van der Waals surface area contributed by atoms with Crippen LogP contribution in [0.1, 0.15) is 21.5 Å². The molecule has 0 saturated heterocycles. The maximum Gasteiger partial charge on any atom is 0.343 e. The third-order valence-corrected chi connectivity index (χ3v) is 5.75. The zero-order chi connectivity index (χ0) is 21.8. The molecule has 4 rings (SSSR count). The molecule has 0 aliphatic carbocycles. The number of nitrogens with one attached hydrogen (secondary N) is 1. The molecule has 31 heavy (non-hydrogen) atoms. The monoisotopic (exact) mass is 435 g/mol. The van der Waals surface area contributed by atoms with Crippen molar-refractivity contribution < 1.29 is 22.7 Å². The van der Waals surface area contributed by atoms with E-state index in [9.17, 15) is 13.2 Å². The van der Waals surface area contributed by atoms with Gasteiger partial charge in [0.1, 0.15) is 4.90 Å². The summed E-state index contributed by atoms with van der Waals surface area (Å²) in [7, 11) is -2.26. The lowest BCUT2D eigenvalue weighted by Crippen LogP contribution is -2.17. The summed E-state index contributed by atoms with van der Waals surface area (Å²) in [5, 5.41) is 4.07. The molecule has 0 radical (unpaired) electrons. The molecule has 0 bridgehead atoms. The number of methoxy groups -OCH3 is 1. The molecule has 1 aliphatic rings. The number of ether oxygens (including phenoxy) is 2. The number of nitrogens with zero attached hydrogens (tertiary/aromatic N) is 2. The number of fused-ring (bicyclic) bond motifs is 1. The van der Waals surface area contributed by atoms with Crippen LogP contribution < -0.4 is 14.9 Å². The summed E-state index contributed by atoms with van der Waals surface area (Å²) >= 11 is 0. The predicted molar refractivity (Wildman–Crippen MR) is 115 cm³/mol. The zero-order valence-electron chi connectivity index (χ0n) is 16.3. The fraction of sp³-hybridized carbons (Fsp3) is 0.0455. The first-order valence-electron chi connectivity index (χ1n) is 9.16. The van der Waals surface area contributed by atoms with Gasteiger partial charge in [-0.15, -0.1) is 4.40 Å². The highest BCUT2D eigenvalue weighted by atomic mass is 32.2. The molecule has 156 valence electrons. The van der Waals surface area contributed by atoms with Crippen LogP contribution in [0.15, 0.2) is 87.2 Å². The maximum atomic E-state index is 12.3. The molecule has 0 saturated carbocycles. The van der Waals surface area contributed by atoms with Gasteiger partial charge in [-0.05, 0) is 48.0 Å². The van der Waals surface area contributed by atoms with Crippen molar-refractivity contribution in [2.24, 2.45) is 9.50 Å². The van der Waals surface area contributed by atoms with Gasteiger partial charge in [-0.2, -0.15) is 13.5 Å². The fourth-order valence-electron chi connectivity index (χ4n) is 2.94. The minimum absolute atomic E-state index is 0.138. The predicted octanol–water partition coefficient (Wildman–Crippen LogP) is 2.99. The number of rotatable bonds is 5. The van der Waals surface area contributed by atoms with E-state index in [0.29, 0.717) is 22.4 Å². The summed E-state index contributed by atoms with van der Waals surface area (Å²) in [5.41, 5.74) is 4.18. The van der Waals surface area contributed by atoms with Crippen LogP contribution in [0.3, 0.4) is 0 Å². The molecule has 3 aromatic rings. The number of sulfonamides is 1. The summed E-state index contributed by atoms with van der Waals surface area (Å²) in [6.45, 7) is 0. The lowest BCUT2D eigenvalue weighted by atomic mass is 10.2. The van der Waals surface area contributed by atoms with Crippen LogP contribution >= 0.6 is 0 Å². The SMILES string of the molecule is COc1cc(/C=N\NC2=NS(=O)(=O)c3ccccc32)ccc1OC(=O)c1ccccc1. The maximum absolute atomic E-state index is 12.3. The van der Waals surface area contributed by atoms with Crippen molar-refractivity contribution in [3.05, 3.63) is 89.5 Å². The molecule has 1 heterocycles. The Kier molecular flexibility index (Phi) is 5.50. The van der Waals surface area contributed by atoms with E-state index in [-0.39, 0.29) is 16.5 Å². The Bertz CT molecular complexity index is 1300. The second kappa shape index (κ2) is 8.41. The highest BCUT2D eigenvalue weighted by Gasteiger charge is 2.28. The van der Waals surface area contributed by atoms with Crippen molar-refractivity contribution in [3.8, 4) is 11.5 Å². The highest BCUT2D eigenvalue weighted by Crippen LogP contribution is 2.28. The molecule has 9 heteroatoms. The smallest absolute Gasteiger partial charge is 0.343 e. The molecule has 0 atom stereocenters. The number of hydrogen-bond donors (Lipinski definition) is 1. The van der Waals surface area contributed by atoms with E-state index < -0.39 is 16.0 Å². The van der Waals surface area contributed by atoms with Crippen LogP contribution in [0.4, 0.5) is 0 Å². The van der Waals surface area contributed by atoms with Gasteiger partial charge in [0.05, 0.1) is 18.9 Å². The molecular weight excluding hydrogens is 418 g/mol. The molecule has 1 N–H and O–H groups in total. The van der Waals surface area contributed by atoms with Gasteiger partial charge < -0.3 is 9.47 Å². The number of carbonyl (C=O) groups excluding carboxylic acids is 1. The molecule has 0 spiro atoms. The van der Waals surface area contributed by atoms with Crippen LogP contribution in [0.5, 0.6) is 11.5 Å². The molecule has 0 unspecified atom stereocenters. The van der Waals surface area contributed by atoms with Crippen molar-refractivity contribution in [3.63, 3.8) is 0 Å². The van der Waals surface area contributed by atoms with E-state index >= 15 is 0 Å². The van der Waals surface area contributed by atoms with Crippen molar-refractivity contribution in [1.29, 1.82) is 0 Å². The van der Waals surface area contributed by atoms with E-state index in [1.54, 1.807) is 60.7 Å². The second-order valence-electron chi connectivity index (χ2n) is 6.45. The summed E-state index contributed by atoms with van der Waals surface area (Å²) in [6.07, 6.45) is 1.47. The van der Waals surface area contributed by atoms with Gasteiger partial charge in [0, 0.05) is 5.56 Å². The Hall–Kier alpha value is -3.98. The van der Waals surface area contributed by atoms with Gasteiger partial charge in [-0.1, -0.05) is 30.3 Å². The first-order valence-corrected chi connectivity index (χ1v) is 10.6. The number of hydrazone groups is 1. The molecule has 1 aliphatic heterocycles. The Balaban J connectivity index is 1.49. The first-order chi connectivity index (χ1) is 15.0. The molecule has 8 nitrogen and oxygen atoms in total. The van der Waals surface area contributed by atoms with Crippen molar-refractivity contribution in [2.75, 3.05) is 7.11 Å². The lowest BCUT2D eigenvalue weighted by molar-refractivity contribution is 0.0729. The number of amidine groups is 1. The van der Waals surface area contributed by atoms with Gasteiger partial charge in [0.25, 0.3) is 10.0 Å². The Morgan fingerprint density at radius 2 is 1.74 bits per heavy atom. The summed E-state index contributed by atoms with van der Waals surface area (Å²) < 4.78 is 38.6. The molecular formula is C22H17N3O5S. The Morgan fingerprint density at radius 3 is 2.52 bits per heavy atom. The van der Waals surface area contributed by atoms with E-state index in [1.165, 1.54) is 19.4 Å². The number of esters is 1. The Morgan fingerprint density at radius 1 is 1.00 bits per heavy atom. The van der Waals surface area contributed by atoms with E-state index in [1.807, 2.05) is 6.07 Å². The molecule has 0 fully saturated rings. The van der Waals surface area contributed by atoms with Crippen molar-refractivity contribution in [1.82, 2.24) is 5.43 Å². The van der Waals surface area contributed by atoms with Gasteiger partial charge in [0.2, 0.25) is 0 Å². The van der Waals surface area contributed by atoms with E-state index in [2.05, 4.69) is 14.9 Å². The lowest BCUT2D eigenvalue weighted by Gasteiger charge is -2.10. The average Bonchev–Trinajstić information content (AvgIpc) is 3.05. The van der Waals surface area contributed by atoms with E-state index in [0.717, 1.165) is 0 Å². The quantitative estimate of drug-likeness (QED) is 0.286. The second-order valence-corrected chi connectivity index (χ2v) is 8.02. The van der Waals surface area contributed by atoms with Crippen LogP contribution in [-0.4, -0.2) is 33.5 Å². The largest absolute Gasteiger partial charge is 0.493 e. The molecule has 0 aromatic heterocycles. The van der Waals surface area contributed by atoms with Crippen LogP contribution in [0, 0.1) is 0 Å². The fourth-order valence-corrected chi connectivity index (χ4v) is 4.11. The van der Waals surface area contributed by atoms with Crippen molar-refractivity contribution in [2.45, 2.75) is 4.90 Å². The van der Waals surface area contributed by atoms with Gasteiger partial charge in [0.15, 0.2) is 17.3 Å². The van der Waals surface area contributed by atoms with Crippen molar-refractivity contribution >= 4 is 28.0 Å². The number of carbonyl (C=O) groups is 1. The third-order valence-electron chi connectivity index (χ3n) is 4.42. The standard InChI is InChI=1S/C22H17N3O5S/c1-29-19-13-15(11-12-18(19)30-22(26)16-7-3-2-4-8-16)14-23-24-21-17-9-5-6-10-20(17)31(27,28)25-21/h2-14H,1H3,(H,24,25)/b23-14-. The minimum Gasteiger partial charge on any atom is -0.493 e. The van der Waals surface area contributed by atoms with E-state index in [4.69, 9.17) is 9.47 Å². The normalized spacial score (nSPS) is 14.0. The van der Waals surface area contributed by atoms with Crippen LogP contribution in [0.25, 0.3) is 0 Å². The first kappa shape index (κ1) is 20.3. The highest BCUT2D eigenvalue weighted by molar-refractivity contribution is 7.90. The van der Waals surface area contributed by atoms with Gasteiger partial charge >= 0.3 is 5.97 Å². The summed E-state index contributed by atoms with van der Waals surface area (Å²) in [5.74, 6) is 0.259. The van der Waals surface area contributed by atoms with Crippen LogP contribution in [-0.2, 0) is 10.0 Å². The topological polar surface area (TPSA) is 106 Å². The zero-order valence-corrected chi connectivity index (χ0v) is 17.2. The Labute approximate surface area is 178 Å². The minimum atomic E-state index is -3.72. The summed E-state index contributed by atoms with van der Waals surface area (Å²) in [4.78, 5) is 12.4. The van der Waals surface area contributed by atoms with Gasteiger partial charge in [-0.3, -0.25) is 5.43 Å². The number of hydrogen-bond acceptors (Lipinski definition) is 7. The third kappa shape index (κ3) is 4.31. The summed E-state index contributed by atoms with van der Waals surface area (Å²) in [6, 6.07) is 20.0. The number of benzene rings is 3. The average molecular weight is 435 g/mol. The molecule has 0 amide bonds. The van der Waals surface area contributed by atoms with Crippen LogP contribution in [0.2, 0.25) is 0 Å².